The molecule has 1 aliphatic carbocycles. The van der Waals surface area contributed by atoms with Crippen LogP contribution in [0.4, 0.5) is 0 Å². The van der Waals surface area contributed by atoms with Crippen molar-refractivity contribution < 1.29 is 14.6 Å². The summed E-state index contributed by atoms with van der Waals surface area (Å²) < 4.78 is 6.39. The van der Waals surface area contributed by atoms with Gasteiger partial charge >= 0.3 is 5.97 Å². The molecule has 1 spiro atoms. The quantitative estimate of drug-likeness (QED) is 0.863. The van der Waals surface area contributed by atoms with E-state index in [0.717, 1.165) is 19.5 Å². The molecule has 1 N–H and O–H groups in total. The molecule has 1 saturated carbocycles. The molecule has 2 saturated heterocycles. The van der Waals surface area contributed by atoms with Gasteiger partial charge in [0.1, 0.15) is 0 Å². The smallest absolute Gasteiger partial charge is 0.308 e. The third-order valence-electron chi connectivity index (χ3n) is 5.57. The summed E-state index contributed by atoms with van der Waals surface area (Å²) in [6.45, 7) is 4.58. The molecule has 0 amide bonds. The average molecular weight is 281 g/mol. The molecule has 0 aromatic rings. The van der Waals surface area contributed by atoms with E-state index in [1.54, 1.807) is 0 Å². The van der Waals surface area contributed by atoms with Crippen molar-refractivity contribution in [3.8, 4) is 0 Å². The highest BCUT2D eigenvalue weighted by Crippen LogP contribution is 2.42. The van der Waals surface area contributed by atoms with Gasteiger partial charge < -0.3 is 9.84 Å². The Labute approximate surface area is 121 Å². The summed E-state index contributed by atoms with van der Waals surface area (Å²) in [5.74, 6) is -0.575. The number of hydrogen-bond donors (Lipinski definition) is 1. The van der Waals surface area contributed by atoms with Crippen LogP contribution in [0, 0.1) is 11.8 Å². The van der Waals surface area contributed by atoms with Crippen LogP contribution in [0.15, 0.2) is 0 Å². The van der Waals surface area contributed by atoms with Crippen molar-refractivity contribution >= 4 is 5.97 Å². The maximum atomic E-state index is 11.2. The summed E-state index contributed by atoms with van der Waals surface area (Å²) in [5.41, 5.74) is 0.181. The van der Waals surface area contributed by atoms with Crippen molar-refractivity contribution in [3.05, 3.63) is 0 Å². The normalized spacial score (nSPS) is 37.5. The van der Waals surface area contributed by atoms with Crippen molar-refractivity contribution in [1.29, 1.82) is 0 Å². The standard InChI is InChI=1S/C16H27NO3/c1-12-9-17(11-14(12)15(18)19)10-13-5-8-16(20-13)6-3-2-4-7-16/h12-14H,2-11H2,1H3,(H,18,19)/t12-,13?,14-/m1/s1. The Bertz CT molecular complexity index is 365. The van der Waals surface area contributed by atoms with Crippen LogP contribution in [0.1, 0.15) is 51.9 Å². The summed E-state index contributed by atoms with van der Waals surface area (Å²) in [6.07, 6.45) is 9.15. The first-order valence-electron chi connectivity index (χ1n) is 8.21. The van der Waals surface area contributed by atoms with E-state index in [1.807, 2.05) is 0 Å². The zero-order valence-electron chi connectivity index (χ0n) is 12.5. The summed E-state index contributed by atoms with van der Waals surface area (Å²) in [5, 5.41) is 9.20. The second-order valence-electron chi connectivity index (χ2n) is 7.16. The fraction of sp³-hybridized carbons (Fsp3) is 0.938. The molecular weight excluding hydrogens is 254 g/mol. The highest BCUT2D eigenvalue weighted by molar-refractivity contribution is 5.71. The van der Waals surface area contributed by atoms with Crippen molar-refractivity contribution in [2.75, 3.05) is 19.6 Å². The van der Waals surface area contributed by atoms with Crippen LogP contribution in [0.2, 0.25) is 0 Å². The molecule has 1 unspecified atom stereocenters. The van der Waals surface area contributed by atoms with Crippen LogP contribution < -0.4 is 0 Å². The molecule has 2 aliphatic heterocycles. The number of hydrogen-bond acceptors (Lipinski definition) is 3. The molecule has 20 heavy (non-hydrogen) atoms. The van der Waals surface area contributed by atoms with E-state index in [9.17, 15) is 9.90 Å². The highest BCUT2D eigenvalue weighted by Gasteiger charge is 2.42. The molecular formula is C16H27NO3. The van der Waals surface area contributed by atoms with Crippen LogP contribution in [-0.4, -0.2) is 47.3 Å². The minimum atomic E-state index is -0.643. The molecule has 2 heterocycles. The van der Waals surface area contributed by atoms with Crippen LogP contribution in [0.25, 0.3) is 0 Å². The van der Waals surface area contributed by atoms with E-state index in [4.69, 9.17) is 4.74 Å². The van der Waals surface area contributed by atoms with Crippen molar-refractivity contribution in [2.45, 2.75) is 63.6 Å². The van der Waals surface area contributed by atoms with Crippen molar-refractivity contribution in [3.63, 3.8) is 0 Å². The zero-order chi connectivity index (χ0) is 14.2. The first kappa shape index (κ1) is 14.3. The van der Waals surface area contributed by atoms with Gasteiger partial charge in [0.15, 0.2) is 0 Å². The van der Waals surface area contributed by atoms with Crippen LogP contribution >= 0.6 is 0 Å². The van der Waals surface area contributed by atoms with Gasteiger partial charge in [-0.05, 0) is 31.6 Å². The Morgan fingerprint density at radius 2 is 2.00 bits per heavy atom. The van der Waals surface area contributed by atoms with Crippen LogP contribution in [0.5, 0.6) is 0 Å². The summed E-state index contributed by atoms with van der Waals surface area (Å²) in [7, 11) is 0. The van der Waals surface area contributed by atoms with Gasteiger partial charge in [-0.1, -0.05) is 26.2 Å². The molecule has 3 aliphatic rings. The van der Waals surface area contributed by atoms with E-state index >= 15 is 0 Å². The second kappa shape index (κ2) is 5.64. The molecule has 4 nitrogen and oxygen atoms in total. The number of likely N-dealkylation sites (tertiary alicyclic amines) is 1. The molecule has 0 radical (unpaired) electrons. The predicted octanol–water partition coefficient (Wildman–Crippen LogP) is 2.52. The lowest BCUT2D eigenvalue weighted by Crippen LogP contribution is -2.36. The Morgan fingerprint density at radius 1 is 1.25 bits per heavy atom. The Balaban J connectivity index is 1.51. The van der Waals surface area contributed by atoms with Crippen molar-refractivity contribution in [2.24, 2.45) is 11.8 Å². The van der Waals surface area contributed by atoms with Gasteiger partial charge in [0.2, 0.25) is 0 Å². The van der Waals surface area contributed by atoms with Gasteiger partial charge in [-0.2, -0.15) is 0 Å². The van der Waals surface area contributed by atoms with Gasteiger partial charge in [-0.15, -0.1) is 0 Å². The van der Waals surface area contributed by atoms with E-state index < -0.39 is 5.97 Å². The Hall–Kier alpha value is -0.610. The highest BCUT2D eigenvalue weighted by atomic mass is 16.5. The monoisotopic (exact) mass is 281 g/mol. The van der Waals surface area contributed by atoms with Gasteiger partial charge in [-0.25, -0.2) is 0 Å². The molecule has 0 aromatic carbocycles. The minimum Gasteiger partial charge on any atom is -0.481 e. The first-order chi connectivity index (χ1) is 9.58. The van der Waals surface area contributed by atoms with E-state index in [0.29, 0.717) is 12.6 Å². The van der Waals surface area contributed by atoms with Crippen molar-refractivity contribution in [1.82, 2.24) is 4.90 Å². The van der Waals surface area contributed by atoms with E-state index in [-0.39, 0.29) is 17.4 Å². The SMILES string of the molecule is C[C@@H]1CN(CC2CCC3(CCCCC3)O2)C[C@H]1C(=O)O. The fourth-order valence-electron chi connectivity index (χ4n) is 4.41. The molecule has 0 aromatic heterocycles. The number of rotatable bonds is 3. The number of ether oxygens (including phenoxy) is 1. The lowest BCUT2D eigenvalue weighted by molar-refractivity contribution is -0.142. The Kier molecular flexibility index (Phi) is 4.04. The molecule has 0 bridgehead atoms. The summed E-state index contributed by atoms with van der Waals surface area (Å²) in [6, 6.07) is 0. The number of nitrogens with zero attached hydrogens (tertiary/aromatic N) is 1. The number of carboxylic acid groups (broad SMARTS) is 1. The van der Waals surface area contributed by atoms with E-state index in [2.05, 4.69) is 11.8 Å². The third-order valence-corrected chi connectivity index (χ3v) is 5.57. The Morgan fingerprint density at radius 3 is 2.65 bits per heavy atom. The maximum Gasteiger partial charge on any atom is 0.308 e. The van der Waals surface area contributed by atoms with Crippen LogP contribution in [-0.2, 0) is 9.53 Å². The number of carbonyl (C=O) groups is 1. The summed E-state index contributed by atoms with van der Waals surface area (Å²) in [4.78, 5) is 13.5. The lowest BCUT2D eigenvalue weighted by atomic mass is 9.83. The molecule has 3 atom stereocenters. The largest absolute Gasteiger partial charge is 0.481 e. The third kappa shape index (κ3) is 2.86. The average Bonchev–Trinajstić information content (AvgIpc) is 2.96. The second-order valence-corrected chi connectivity index (χ2v) is 7.16. The summed E-state index contributed by atoms with van der Waals surface area (Å²) >= 11 is 0. The first-order valence-corrected chi connectivity index (χ1v) is 8.21. The topological polar surface area (TPSA) is 49.8 Å². The zero-order valence-corrected chi connectivity index (χ0v) is 12.5. The van der Waals surface area contributed by atoms with E-state index in [1.165, 1.54) is 38.5 Å². The fourth-order valence-corrected chi connectivity index (χ4v) is 4.41. The lowest BCUT2D eigenvalue weighted by Gasteiger charge is -2.34. The molecule has 114 valence electrons. The maximum absolute atomic E-state index is 11.2. The number of aliphatic carboxylic acids is 1. The van der Waals surface area contributed by atoms with Gasteiger partial charge in [0, 0.05) is 19.6 Å². The molecule has 4 heteroatoms. The van der Waals surface area contributed by atoms with Crippen LogP contribution in [0.3, 0.4) is 0 Å². The number of carboxylic acids is 1. The molecule has 3 fully saturated rings. The predicted molar refractivity (Wildman–Crippen MR) is 76.7 cm³/mol. The van der Waals surface area contributed by atoms with Gasteiger partial charge in [0.25, 0.3) is 0 Å². The van der Waals surface area contributed by atoms with Gasteiger partial charge in [-0.3, -0.25) is 9.69 Å². The molecule has 3 rings (SSSR count). The van der Waals surface area contributed by atoms with Gasteiger partial charge in [0.05, 0.1) is 17.6 Å². The minimum absolute atomic E-state index is 0.181.